The number of nitro groups is 1. The van der Waals surface area contributed by atoms with Gasteiger partial charge < -0.3 is 0 Å². The second kappa shape index (κ2) is 7.97. The van der Waals surface area contributed by atoms with Crippen molar-refractivity contribution >= 4 is 34.8 Å². The molecule has 0 aliphatic carbocycles. The molecule has 0 saturated carbocycles. The number of rotatable bonds is 3. The number of hydrogen-bond donors (Lipinski definition) is 3. The van der Waals surface area contributed by atoms with Gasteiger partial charge in [-0.2, -0.15) is 0 Å². The van der Waals surface area contributed by atoms with Crippen LogP contribution >= 0.6 is 12.2 Å². The Labute approximate surface area is 148 Å². The molecule has 128 valence electrons. The molecule has 0 fully saturated rings. The predicted octanol–water partition coefficient (Wildman–Crippen LogP) is 1.85. The summed E-state index contributed by atoms with van der Waals surface area (Å²) in [6.07, 6.45) is 0. The Bertz CT molecular complexity index is 836. The number of nitro benzene ring substituents is 1. The smallest absolute Gasteiger partial charge is 0.282 e. The average Bonchev–Trinajstić information content (AvgIpc) is 2.60. The summed E-state index contributed by atoms with van der Waals surface area (Å²) in [4.78, 5) is 34.3. The number of hydrazine groups is 1. The van der Waals surface area contributed by atoms with Crippen LogP contribution in [0.25, 0.3) is 0 Å². The Kier molecular flexibility index (Phi) is 5.75. The molecule has 2 rings (SSSR count). The van der Waals surface area contributed by atoms with Crippen molar-refractivity contribution in [2.75, 3.05) is 0 Å². The van der Waals surface area contributed by atoms with E-state index in [1.807, 2.05) is 6.92 Å². The van der Waals surface area contributed by atoms with Crippen LogP contribution in [0.2, 0.25) is 0 Å². The van der Waals surface area contributed by atoms with Gasteiger partial charge in [-0.25, -0.2) is 0 Å². The van der Waals surface area contributed by atoms with Crippen LogP contribution in [0.15, 0.2) is 48.5 Å². The zero-order valence-corrected chi connectivity index (χ0v) is 13.9. The Hall–Kier alpha value is -3.33. The van der Waals surface area contributed by atoms with Gasteiger partial charge in [-0.15, -0.1) is 0 Å². The molecule has 0 aromatic heterocycles. The molecule has 0 unspecified atom stereocenters. The lowest BCUT2D eigenvalue weighted by Gasteiger charge is -2.11. The van der Waals surface area contributed by atoms with E-state index in [2.05, 4.69) is 16.2 Å². The van der Waals surface area contributed by atoms with Crippen LogP contribution in [0.5, 0.6) is 0 Å². The average molecular weight is 358 g/mol. The van der Waals surface area contributed by atoms with Gasteiger partial charge in [0.2, 0.25) is 0 Å². The molecule has 0 aliphatic heterocycles. The van der Waals surface area contributed by atoms with E-state index in [9.17, 15) is 19.7 Å². The molecule has 0 heterocycles. The maximum absolute atomic E-state index is 12.1. The quantitative estimate of drug-likeness (QED) is 0.438. The maximum atomic E-state index is 12.1. The van der Waals surface area contributed by atoms with Gasteiger partial charge in [0.15, 0.2) is 5.11 Å². The largest absolute Gasteiger partial charge is 0.297 e. The Balaban J connectivity index is 1.94. The third-order valence-corrected chi connectivity index (χ3v) is 3.38. The summed E-state index contributed by atoms with van der Waals surface area (Å²) in [5.74, 6) is -1.20. The van der Waals surface area contributed by atoms with Crippen LogP contribution in [-0.4, -0.2) is 21.9 Å². The van der Waals surface area contributed by atoms with Crippen LogP contribution in [0.1, 0.15) is 26.3 Å². The Morgan fingerprint density at radius 2 is 1.64 bits per heavy atom. The van der Waals surface area contributed by atoms with E-state index in [-0.39, 0.29) is 16.4 Å². The SMILES string of the molecule is Cc1ccc(C(=O)NNC(=S)NC(=O)c2ccccc2[N+](=O)[O-])cc1. The molecule has 0 bridgehead atoms. The third-order valence-electron chi connectivity index (χ3n) is 3.18. The molecule has 0 saturated heterocycles. The molecule has 0 atom stereocenters. The molecule has 2 aromatic rings. The fourth-order valence-electron chi connectivity index (χ4n) is 1.92. The molecule has 0 spiro atoms. The standard InChI is InChI=1S/C16H14N4O4S/c1-10-6-8-11(9-7-10)14(21)18-19-16(25)17-15(22)12-4-2-3-5-13(12)20(23)24/h2-9H,1H3,(H,18,21)(H2,17,19,22,25). The minimum absolute atomic E-state index is 0.137. The first-order valence-corrected chi connectivity index (χ1v) is 7.51. The molecular weight excluding hydrogens is 344 g/mol. The summed E-state index contributed by atoms with van der Waals surface area (Å²) in [6.45, 7) is 1.90. The molecule has 3 N–H and O–H groups in total. The third kappa shape index (κ3) is 4.82. The summed E-state index contributed by atoms with van der Waals surface area (Å²) in [6, 6.07) is 12.3. The first kappa shape index (κ1) is 18.0. The Morgan fingerprint density at radius 1 is 1.00 bits per heavy atom. The van der Waals surface area contributed by atoms with Crippen molar-refractivity contribution in [3.05, 3.63) is 75.3 Å². The van der Waals surface area contributed by atoms with E-state index in [1.165, 1.54) is 24.3 Å². The summed E-state index contributed by atoms with van der Waals surface area (Å²) in [5.41, 5.74) is 5.65. The van der Waals surface area contributed by atoms with Crippen molar-refractivity contribution in [1.82, 2.24) is 16.2 Å². The van der Waals surface area contributed by atoms with Gasteiger partial charge in [-0.3, -0.25) is 35.9 Å². The molecule has 25 heavy (non-hydrogen) atoms. The summed E-state index contributed by atoms with van der Waals surface area (Å²) in [5, 5.41) is 13.0. The van der Waals surface area contributed by atoms with Crippen molar-refractivity contribution in [3.8, 4) is 0 Å². The summed E-state index contributed by atoms with van der Waals surface area (Å²) in [7, 11) is 0. The number of amides is 2. The van der Waals surface area contributed by atoms with Gasteiger partial charge in [0, 0.05) is 11.6 Å². The topological polar surface area (TPSA) is 113 Å². The first-order chi connectivity index (χ1) is 11.9. The maximum Gasteiger partial charge on any atom is 0.282 e. The molecular formula is C16H14N4O4S. The molecule has 0 aliphatic rings. The van der Waals surface area contributed by atoms with Gasteiger partial charge in [0.1, 0.15) is 5.56 Å². The van der Waals surface area contributed by atoms with Crippen molar-refractivity contribution in [3.63, 3.8) is 0 Å². The molecule has 2 aromatic carbocycles. The highest BCUT2D eigenvalue weighted by Crippen LogP contribution is 2.17. The number of carbonyl (C=O) groups excluding carboxylic acids is 2. The fraction of sp³-hybridized carbons (Fsp3) is 0.0625. The lowest BCUT2D eigenvalue weighted by atomic mass is 10.1. The highest BCUT2D eigenvalue weighted by atomic mass is 32.1. The fourth-order valence-corrected chi connectivity index (χ4v) is 2.06. The molecule has 8 nitrogen and oxygen atoms in total. The van der Waals surface area contributed by atoms with Gasteiger partial charge in [0.05, 0.1) is 4.92 Å². The van der Waals surface area contributed by atoms with Gasteiger partial charge >= 0.3 is 0 Å². The number of aryl methyl sites for hydroxylation is 1. The highest BCUT2D eigenvalue weighted by molar-refractivity contribution is 7.80. The predicted molar refractivity (Wildman–Crippen MR) is 94.9 cm³/mol. The number of carbonyl (C=O) groups is 2. The van der Waals surface area contributed by atoms with E-state index < -0.39 is 16.7 Å². The molecule has 2 amide bonds. The number of nitrogens with one attached hydrogen (secondary N) is 3. The second-order valence-corrected chi connectivity index (χ2v) is 5.41. The van der Waals surface area contributed by atoms with E-state index in [1.54, 1.807) is 24.3 Å². The van der Waals surface area contributed by atoms with E-state index in [4.69, 9.17) is 12.2 Å². The van der Waals surface area contributed by atoms with Gasteiger partial charge in [-0.1, -0.05) is 29.8 Å². The van der Waals surface area contributed by atoms with Crippen LogP contribution in [0.4, 0.5) is 5.69 Å². The molecule has 9 heteroatoms. The highest BCUT2D eigenvalue weighted by Gasteiger charge is 2.19. The minimum Gasteiger partial charge on any atom is -0.297 e. The number of benzene rings is 2. The second-order valence-electron chi connectivity index (χ2n) is 5.00. The zero-order chi connectivity index (χ0) is 18.4. The molecule has 0 radical (unpaired) electrons. The van der Waals surface area contributed by atoms with E-state index >= 15 is 0 Å². The van der Waals surface area contributed by atoms with Crippen LogP contribution in [-0.2, 0) is 0 Å². The van der Waals surface area contributed by atoms with Crippen LogP contribution in [0, 0.1) is 17.0 Å². The van der Waals surface area contributed by atoms with Gasteiger partial charge in [-0.05, 0) is 37.3 Å². The zero-order valence-electron chi connectivity index (χ0n) is 13.1. The number of nitrogens with zero attached hydrogens (tertiary/aromatic N) is 1. The number of thiocarbonyl (C=S) groups is 1. The first-order valence-electron chi connectivity index (χ1n) is 7.10. The van der Waals surface area contributed by atoms with E-state index in [0.717, 1.165) is 5.56 Å². The minimum atomic E-state index is -0.755. The van der Waals surface area contributed by atoms with Crippen molar-refractivity contribution in [2.45, 2.75) is 6.92 Å². The van der Waals surface area contributed by atoms with Gasteiger partial charge in [0.25, 0.3) is 17.5 Å². The van der Waals surface area contributed by atoms with Crippen molar-refractivity contribution in [1.29, 1.82) is 0 Å². The Morgan fingerprint density at radius 3 is 2.28 bits per heavy atom. The summed E-state index contributed by atoms with van der Waals surface area (Å²) >= 11 is 4.90. The normalized spacial score (nSPS) is 9.80. The number of para-hydroxylation sites is 1. The lowest BCUT2D eigenvalue weighted by molar-refractivity contribution is -0.385. The monoisotopic (exact) mass is 358 g/mol. The van der Waals surface area contributed by atoms with Crippen LogP contribution < -0.4 is 16.2 Å². The summed E-state index contributed by atoms with van der Waals surface area (Å²) < 4.78 is 0. The van der Waals surface area contributed by atoms with Crippen molar-refractivity contribution in [2.24, 2.45) is 0 Å². The number of hydrogen-bond acceptors (Lipinski definition) is 5. The lowest BCUT2D eigenvalue weighted by Crippen LogP contribution is -2.48. The van der Waals surface area contributed by atoms with Crippen LogP contribution in [0.3, 0.4) is 0 Å². The van der Waals surface area contributed by atoms with Crippen molar-refractivity contribution < 1.29 is 14.5 Å². The van der Waals surface area contributed by atoms with E-state index in [0.29, 0.717) is 5.56 Å².